The van der Waals surface area contributed by atoms with Crippen molar-refractivity contribution in [2.45, 2.75) is 50.4 Å². The van der Waals surface area contributed by atoms with E-state index in [-0.39, 0.29) is 41.8 Å². The number of amides is 1. The van der Waals surface area contributed by atoms with E-state index in [4.69, 9.17) is 33.0 Å². The second kappa shape index (κ2) is 8.87. The van der Waals surface area contributed by atoms with Gasteiger partial charge >= 0.3 is 5.97 Å². The van der Waals surface area contributed by atoms with E-state index >= 15 is 0 Å². The lowest BCUT2D eigenvalue weighted by atomic mass is 10.0. The van der Waals surface area contributed by atoms with Crippen molar-refractivity contribution in [2.75, 3.05) is 4.90 Å². The minimum absolute atomic E-state index is 0.107. The molecule has 2 aliphatic carbocycles. The van der Waals surface area contributed by atoms with E-state index in [1.165, 1.54) is 17.0 Å². The molecule has 186 valence electrons. The van der Waals surface area contributed by atoms with Gasteiger partial charge < -0.3 is 14.7 Å². The molecule has 3 fully saturated rings. The number of rotatable bonds is 7. The molecule has 2 heterocycles. The van der Waals surface area contributed by atoms with Crippen LogP contribution in [-0.2, 0) is 16.1 Å². The van der Waals surface area contributed by atoms with Gasteiger partial charge in [-0.2, -0.15) is 5.10 Å². The summed E-state index contributed by atoms with van der Waals surface area (Å²) in [5, 5.41) is 17.5. The van der Waals surface area contributed by atoms with Crippen LogP contribution >= 0.6 is 23.2 Å². The lowest BCUT2D eigenvalue weighted by molar-refractivity contribution is -0.126. The van der Waals surface area contributed by atoms with Gasteiger partial charge in [0.1, 0.15) is 5.82 Å². The Bertz CT molecular complexity index is 1370. The van der Waals surface area contributed by atoms with Crippen LogP contribution in [0.2, 0.25) is 10.0 Å². The molecule has 7 nitrogen and oxygen atoms in total. The summed E-state index contributed by atoms with van der Waals surface area (Å²) in [5.41, 5.74) is 3.13. The van der Waals surface area contributed by atoms with Crippen molar-refractivity contribution in [1.82, 2.24) is 10.2 Å². The number of nitrogens with zero attached hydrogens (tertiary/aromatic N) is 2. The molecule has 0 spiro atoms. The molecular weight excluding hydrogens is 508 g/mol. The lowest BCUT2D eigenvalue weighted by Crippen LogP contribution is -2.43. The number of aromatic carboxylic acids is 1. The second-order valence-electron chi connectivity index (χ2n) is 9.67. The monoisotopic (exact) mass is 529 g/mol. The van der Waals surface area contributed by atoms with E-state index in [1.807, 2.05) is 18.2 Å². The van der Waals surface area contributed by atoms with Gasteiger partial charge in [-0.3, -0.25) is 9.89 Å². The highest BCUT2D eigenvalue weighted by Crippen LogP contribution is 2.46. The van der Waals surface area contributed by atoms with E-state index in [2.05, 4.69) is 10.2 Å². The van der Waals surface area contributed by atoms with Crippen molar-refractivity contribution in [2.24, 2.45) is 5.92 Å². The van der Waals surface area contributed by atoms with Crippen molar-refractivity contribution in [1.29, 1.82) is 0 Å². The van der Waals surface area contributed by atoms with Gasteiger partial charge in [-0.05, 0) is 73.6 Å². The van der Waals surface area contributed by atoms with Crippen LogP contribution in [0.5, 0.6) is 0 Å². The first-order valence-corrected chi connectivity index (χ1v) is 12.6. The number of anilines is 1. The summed E-state index contributed by atoms with van der Waals surface area (Å²) >= 11 is 13.0. The van der Waals surface area contributed by atoms with E-state index < -0.39 is 11.8 Å². The van der Waals surface area contributed by atoms with Crippen molar-refractivity contribution >= 4 is 40.8 Å². The zero-order valence-electron chi connectivity index (χ0n) is 19.0. The molecule has 10 heteroatoms. The predicted octanol–water partition coefficient (Wildman–Crippen LogP) is 5.81. The Morgan fingerprint density at radius 1 is 1.17 bits per heavy atom. The van der Waals surface area contributed by atoms with Crippen LogP contribution in [0.1, 0.15) is 53.2 Å². The summed E-state index contributed by atoms with van der Waals surface area (Å²) in [6, 6.07) is 9.15. The summed E-state index contributed by atoms with van der Waals surface area (Å²) < 4.78 is 20.6. The number of carbonyl (C=O) groups excluding carboxylic acids is 1. The normalized spacial score (nSPS) is 23.0. The van der Waals surface area contributed by atoms with Gasteiger partial charge in [0.05, 0.1) is 51.3 Å². The Hall–Kier alpha value is -2.94. The predicted molar refractivity (Wildman–Crippen MR) is 132 cm³/mol. The van der Waals surface area contributed by atoms with Gasteiger partial charge in [0.15, 0.2) is 0 Å². The van der Waals surface area contributed by atoms with Crippen LogP contribution in [0.15, 0.2) is 36.4 Å². The molecule has 2 saturated carbocycles. The summed E-state index contributed by atoms with van der Waals surface area (Å²) in [4.78, 5) is 25.5. The molecule has 0 unspecified atom stereocenters. The van der Waals surface area contributed by atoms with Gasteiger partial charge in [0.2, 0.25) is 5.91 Å². The fourth-order valence-electron chi connectivity index (χ4n) is 5.39. The number of ether oxygens (including phenoxy) is 1. The summed E-state index contributed by atoms with van der Waals surface area (Å²) in [7, 11) is 0. The molecular formula is C26H22Cl2FN3O4. The van der Waals surface area contributed by atoms with Crippen molar-refractivity contribution in [3.8, 4) is 11.3 Å². The molecule has 3 aliphatic rings. The fraction of sp³-hybridized carbons (Fsp3) is 0.346. The van der Waals surface area contributed by atoms with E-state index in [1.54, 1.807) is 0 Å². The molecule has 2 N–H and O–H groups in total. The maximum atomic E-state index is 14.6. The third kappa shape index (κ3) is 4.07. The molecule has 6 rings (SSSR count). The number of hydrogen-bond donors (Lipinski definition) is 2. The average Bonchev–Trinajstić information content (AvgIpc) is 3.32. The van der Waals surface area contributed by atoms with Gasteiger partial charge in [-0.25, -0.2) is 9.18 Å². The smallest absolute Gasteiger partial charge is 0.335 e. The van der Waals surface area contributed by atoms with Gasteiger partial charge in [0.25, 0.3) is 0 Å². The largest absolute Gasteiger partial charge is 0.478 e. The van der Waals surface area contributed by atoms with E-state index in [0.717, 1.165) is 30.2 Å². The number of hydrogen-bond acceptors (Lipinski definition) is 4. The number of carboxylic acid groups (broad SMARTS) is 1. The van der Waals surface area contributed by atoms with Crippen LogP contribution in [0.3, 0.4) is 0 Å². The molecule has 3 aromatic rings. The molecule has 2 aromatic carbocycles. The maximum absolute atomic E-state index is 14.6. The van der Waals surface area contributed by atoms with Crippen LogP contribution in [-0.4, -0.2) is 39.3 Å². The Morgan fingerprint density at radius 3 is 2.56 bits per heavy atom. The molecule has 2 bridgehead atoms. The van der Waals surface area contributed by atoms with Crippen molar-refractivity contribution in [3.05, 3.63) is 69.1 Å². The summed E-state index contributed by atoms with van der Waals surface area (Å²) in [6.07, 6.45) is 3.15. The highest BCUT2D eigenvalue weighted by Gasteiger charge is 2.52. The zero-order valence-corrected chi connectivity index (χ0v) is 20.5. The molecule has 1 amide bonds. The van der Waals surface area contributed by atoms with Gasteiger partial charge in [-0.15, -0.1) is 0 Å². The highest BCUT2D eigenvalue weighted by molar-refractivity contribution is 6.39. The second-order valence-corrected chi connectivity index (χ2v) is 10.5. The Labute approximate surface area is 216 Å². The van der Waals surface area contributed by atoms with Crippen molar-refractivity contribution < 1.29 is 23.8 Å². The standard InChI is InChI=1S/C26H22Cl2FN3O4/c27-18-5-14(12-1-2-12)6-19(28)24(18)21-8-15(30-31-21)11-36-23-10-16-9-17(23)25(33)32(16)22-4-3-13(26(34)35)7-20(22)29/h3-8,12,16-17,23H,1-2,9-11H2,(H,30,31)(H,34,35)/t16-,17+,23+/m0/s1. The number of halogens is 3. The minimum Gasteiger partial charge on any atom is -0.478 e. The van der Waals surface area contributed by atoms with Crippen LogP contribution < -0.4 is 4.90 Å². The number of nitrogens with one attached hydrogen (secondary N) is 1. The Balaban J connectivity index is 1.12. The number of benzene rings is 2. The first-order chi connectivity index (χ1) is 17.3. The molecule has 3 atom stereocenters. The Morgan fingerprint density at radius 2 is 1.92 bits per heavy atom. The number of aromatic amines is 1. The number of piperidine rings is 1. The number of carbonyl (C=O) groups is 2. The third-order valence-corrected chi connectivity index (χ3v) is 7.90. The highest BCUT2D eigenvalue weighted by atomic mass is 35.5. The quantitative estimate of drug-likeness (QED) is 0.402. The van der Waals surface area contributed by atoms with Crippen LogP contribution in [0.4, 0.5) is 10.1 Å². The summed E-state index contributed by atoms with van der Waals surface area (Å²) in [5.74, 6) is -1.99. The molecule has 0 radical (unpaired) electrons. The number of carboxylic acids is 1. The molecule has 1 aromatic heterocycles. The van der Waals surface area contributed by atoms with E-state index in [9.17, 15) is 14.0 Å². The lowest BCUT2D eigenvalue weighted by Gasteiger charge is -2.31. The first-order valence-electron chi connectivity index (χ1n) is 11.8. The fourth-order valence-corrected chi connectivity index (χ4v) is 6.09. The van der Waals surface area contributed by atoms with Crippen LogP contribution in [0, 0.1) is 11.7 Å². The minimum atomic E-state index is -1.22. The van der Waals surface area contributed by atoms with Gasteiger partial charge in [0, 0.05) is 11.6 Å². The summed E-state index contributed by atoms with van der Waals surface area (Å²) in [6.45, 7) is 0.227. The van der Waals surface area contributed by atoms with E-state index in [0.29, 0.717) is 40.1 Å². The SMILES string of the molecule is O=C(O)c1ccc(N2C(=O)[C@@H]3C[C@H]2C[C@H]3OCc2cc(-c3c(Cl)cc(C4CC4)cc3Cl)n[nH]2)c(F)c1. The number of H-pyrrole nitrogens is 1. The zero-order chi connectivity index (χ0) is 25.1. The molecule has 1 saturated heterocycles. The number of fused-ring (bicyclic) bond motifs is 2. The maximum Gasteiger partial charge on any atom is 0.335 e. The number of aromatic nitrogens is 2. The average molecular weight is 530 g/mol. The van der Waals surface area contributed by atoms with Crippen LogP contribution in [0.25, 0.3) is 11.3 Å². The molecule has 36 heavy (non-hydrogen) atoms. The topological polar surface area (TPSA) is 95.5 Å². The Kier molecular flexibility index (Phi) is 5.78. The third-order valence-electron chi connectivity index (χ3n) is 7.31. The molecule has 1 aliphatic heterocycles. The van der Waals surface area contributed by atoms with Crippen molar-refractivity contribution in [3.63, 3.8) is 0 Å². The van der Waals surface area contributed by atoms with Gasteiger partial charge in [-0.1, -0.05) is 23.2 Å². The first kappa shape index (κ1) is 23.5.